The molecule has 30 heavy (non-hydrogen) atoms. The molecular formula is C26H38N2O2. The summed E-state index contributed by atoms with van der Waals surface area (Å²) in [7, 11) is 0. The van der Waals surface area contributed by atoms with Crippen LogP contribution in [0.3, 0.4) is 0 Å². The first-order valence-corrected chi connectivity index (χ1v) is 11.3. The van der Waals surface area contributed by atoms with E-state index < -0.39 is 11.2 Å². The van der Waals surface area contributed by atoms with Crippen molar-refractivity contribution >= 4 is 0 Å². The van der Waals surface area contributed by atoms with E-state index in [1.807, 2.05) is 60.7 Å². The van der Waals surface area contributed by atoms with Crippen molar-refractivity contribution in [3.63, 3.8) is 0 Å². The molecule has 0 radical (unpaired) electrons. The smallest absolute Gasteiger partial charge is 0.104 e. The Morgan fingerprint density at radius 3 is 1.20 bits per heavy atom. The van der Waals surface area contributed by atoms with E-state index in [4.69, 9.17) is 0 Å². The molecule has 2 N–H and O–H groups in total. The van der Waals surface area contributed by atoms with Gasteiger partial charge in [-0.05, 0) is 23.0 Å². The predicted molar refractivity (Wildman–Crippen MR) is 123 cm³/mol. The maximum Gasteiger partial charge on any atom is 0.104 e. The van der Waals surface area contributed by atoms with E-state index in [0.29, 0.717) is 13.1 Å². The molecule has 2 atom stereocenters. The Balaban J connectivity index is 1.64. The first-order valence-electron chi connectivity index (χ1n) is 11.3. The van der Waals surface area contributed by atoms with Crippen molar-refractivity contribution in [1.82, 2.24) is 9.80 Å². The Kier molecular flexibility index (Phi) is 7.35. The van der Waals surface area contributed by atoms with Gasteiger partial charge in [0.15, 0.2) is 0 Å². The number of benzene rings is 2. The van der Waals surface area contributed by atoms with Crippen LogP contribution in [-0.2, 0) is 11.2 Å². The number of hydrogen-bond donors (Lipinski definition) is 2. The van der Waals surface area contributed by atoms with Gasteiger partial charge >= 0.3 is 0 Å². The van der Waals surface area contributed by atoms with E-state index >= 15 is 0 Å². The topological polar surface area (TPSA) is 46.9 Å². The molecule has 1 saturated heterocycles. The maximum absolute atomic E-state index is 11.5. The van der Waals surface area contributed by atoms with Gasteiger partial charge in [-0.25, -0.2) is 0 Å². The molecule has 164 valence electrons. The fourth-order valence-corrected chi connectivity index (χ4v) is 4.46. The highest BCUT2D eigenvalue weighted by molar-refractivity contribution is 5.24. The Morgan fingerprint density at radius 2 is 0.933 bits per heavy atom. The molecule has 0 bridgehead atoms. The van der Waals surface area contributed by atoms with E-state index in [-0.39, 0.29) is 11.8 Å². The Hall–Kier alpha value is -1.72. The third-order valence-corrected chi connectivity index (χ3v) is 6.85. The molecule has 4 nitrogen and oxygen atoms in total. The van der Waals surface area contributed by atoms with E-state index in [9.17, 15) is 10.2 Å². The molecular weight excluding hydrogens is 372 g/mol. The summed E-state index contributed by atoms with van der Waals surface area (Å²) < 4.78 is 0. The monoisotopic (exact) mass is 410 g/mol. The standard InChI is InChI=1S/C26H38N2O2/c1-21(2)25(29,23-11-7-5-8-12-23)19-27-15-17-28(18-16-27)20-26(30,22(3)4)24-13-9-6-10-14-24/h5-14,21-22,29-30H,15-20H2,1-4H3. The minimum absolute atomic E-state index is 0.127. The lowest BCUT2D eigenvalue weighted by atomic mass is 9.82. The summed E-state index contributed by atoms with van der Waals surface area (Å²) in [5, 5.41) is 23.0. The van der Waals surface area contributed by atoms with Gasteiger partial charge in [0.2, 0.25) is 0 Å². The number of rotatable bonds is 8. The average molecular weight is 411 g/mol. The lowest BCUT2D eigenvalue weighted by molar-refractivity contribution is -0.0682. The van der Waals surface area contributed by atoms with Gasteiger partial charge in [-0.3, -0.25) is 9.80 Å². The number of nitrogens with zero attached hydrogens (tertiary/aromatic N) is 2. The second kappa shape index (κ2) is 9.61. The molecule has 1 aliphatic heterocycles. The molecule has 2 unspecified atom stereocenters. The van der Waals surface area contributed by atoms with Crippen LogP contribution in [0.2, 0.25) is 0 Å². The minimum Gasteiger partial charge on any atom is -0.384 e. The van der Waals surface area contributed by atoms with Crippen LogP contribution < -0.4 is 0 Å². The molecule has 0 amide bonds. The van der Waals surface area contributed by atoms with E-state index in [0.717, 1.165) is 37.3 Å². The van der Waals surface area contributed by atoms with Crippen LogP contribution in [0.4, 0.5) is 0 Å². The van der Waals surface area contributed by atoms with Crippen molar-refractivity contribution in [2.45, 2.75) is 38.9 Å². The molecule has 0 spiro atoms. The van der Waals surface area contributed by atoms with Crippen molar-refractivity contribution in [3.8, 4) is 0 Å². The van der Waals surface area contributed by atoms with Crippen molar-refractivity contribution < 1.29 is 10.2 Å². The van der Waals surface area contributed by atoms with Gasteiger partial charge in [0.25, 0.3) is 0 Å². The summed E-state index contributed by atoms with van der Waals surface area (Å²) in [6.45, 7) is 13.2. The zero-order chi connectivity index (χ0) is 21.8. The second-order valence-corrected chi connectivity index (χ2v) is 9.44. The molecule has 1 fully saturated rings. The molecule has 0 saturated carbocycles. The summed E-state index contributed by atoms with van der Waals surface area (Å²) in [6.07, 6.45) is 0. The first-order chi connectivity index (χ1) is 14.3. The van der Waals surface area contributed by atoms with Crippen LogP contribution >= 0.6 is 0 Å². The van der Waals surface area contributed by atoms with Gasteiger partial charge in [-0.15, -0.1) is 0 Å². The van der Waals surface area contributed by atoms with Crippen LogP contribution in [0.1, 0.15) is 38.8 Å². The average Bonchev–Trinajstić information content (AvgIpc) is 2.76. The van der Waals surface area contributed by atoms with Gasteiger partial charge in [-0.1, -0.05) is 88.4 Å². The summed E-state index contributed by atoms with van der Waals surface area (Å²) in [5.41, 5.74) is 0.263. The van der Waals surface area contributed by atoms with Crippen LogP contribution in [0.5, 0.6) is 0 Å². The van der Waals surface area contributed by atoms with Gasteiger partial charge in [-0.2, -0.15) is 0 Å². The number of β-amino-alcohol motifs (C(OH)–C–C–N with tert-alkyl or cyclic N) is 2. The normalized spacial score (nSPS) is 20.3. The summed E-state index contributed by atoms with van der Waals surface area (Å²) in [4.78, 5) is 4.72. The second-order valence-electron chi connectivity index (χ2n) is 9.44. The SMILES string of the molecule is CC(C)C(O)(CN1CCN(CC(O)(c2ccccc2)C(C)C)CC1)c1ccccc1. The molecule has 3 rings (SSSR count). The van der Waals surface area contributed by atoms with Gasteiger partial charge in [0.1, 0.15) is 11.2 Å². The van der Waals surface area contributed by atoms with Crippen LogP contribution in [0.25, 0.3) is 0 Å². The van der Waals surface area contributed by atoms with Crippen molar-refractivity contribution in [1.29, 1.82) is 0 Å². The van der Waals surface area contributed by atoms with Crippen molar-refractivity contribution in [3.05, 3.63) is 71.8 Å². The van der Waals surface area contributed by atoms with Gasteiger partial charge < -0.3 is 10.2 Å². The highest BCUT2D eigenvalue weighted by atomic mass is 16.3. The van der Waals surface area contributed by atoms with Crippen LogP contribution in [-0.4, -0.2) is 59.3 Å². The van der Waals surface area contributed by atoms with Crippen LogP contribution in [0, 0.1) is 11.8 Å². The largest absolute Gasteiger partial charge is 0.384 e. The molecule has 4 heteroatoms. The summed E-state index contributed by atoms with van der Waals surface area (Å²) >= 11 is 0. The number of piperazine rings is 1. The number of hydrogen-bond acceptors (Lipinski definition) is 4. The predicted octanol–water partition coefficient (Wildman–Crippen LogP) is 3.69. The molecule has 2 aromatic rings. The molecule has 1 aliphatic rings. The lowest BCUT2D eigenvalue weighted by Gasteiger charge is -2.44. The molecule has 0 aliphatic carbocycles. The van der Waals surface area contributed by atoms with E-state index in [1.54, 1.807) is 0 Å². The van der Waals surface area contributed by atoms with Gasteiger partial charge in [0.05, 0.1) is 0 Å². The highest BCUT2D eigenvalue weighted by Gasteiger charge is 2.38. The molecule has 2 aromatic carbocycles. The Labute approximate surface area is 182 Å². The van der Waals surface area contributed by atoms with Crippen molar-refractivity contribution in [2.24, 2.45) is 11.8 Å². The van der Waals surface area contributed by atoms with Crippen LogP contribution in [0.15, 0.2) is 60.7 Å². The third-order valence-electron chi connectivity index (χ3n) is 6.85. The molecule has 1 heterocycles. The molecule has 0 aromatic heterocycles. The zero-order valence-corrected chi connectivity index (χ0v) is 19.0. The highest BCUT2D eigenvalue weighted by Crippen LogP contribution is 2.33. The summed E-state index contributed by atoms with van der Waals surface area (Å²) in [5.74, 6) is 0.254. The third kappa shape index (κ3) is 4.94. The van der Waals surface area contributed by atoms with Gasteiger partial charge in [0, 0.05) is 39.3 Å². The quantitative estimate of drug-likeness (QED) is 0.697. The maximum atomic E-state index is 11.5. The Morgan fingerprint density at radius 1 is 0.633 bits per heavy atom. The zero-order valence-electron chi connectivity index (χ0n) is 19.0. The lowest BCUT2D eigenvalue weighted by Crippen LogP contribution is -2.55. The fraction of sp³-hybridized carbons (Fsp3) is 0.538. The van der Waals surface area contributed by atoms with E-state index in [1.165, 1.54) is 0 Å². The Bertz CT molecular complexity index is 705. The number of aliphatic hydroxyl groups is 2. The fourth-order valence-electron chi connectivity index (χ4n) is 4.46. The first kappa shape index (κ1) is 23.0. The minimum atomic E-state index is -0.855. The van der Waals surface area contributed by atoms with Crippen molar-refractivity contribution in [2.75, 3.05) is 39.3 Å². The summed E-state index contributed by atoms with van der Waals surface area (Å²) in [6, 6.07) is 20.1. The van der Waals surface area contributed by atoms with E-state index in [2.05, 4.69) is 37.5 Å².